The molecular formula is C34H33F7O2. The van der Waals surface area contributed by atoms with Crippen molar-refractivity contribution in [2.24, 2.45) is 0 Å². The number of hydrogen-bond acceptors (Lipinski definition) is 2. The normalized spacial score (nSPS) is 11.7. The van der Waals surface area contributed by atoms with Gasteiger partial charge in [0.25, 0.3) is 0 Å². The Labute approximate surface area is 246 Å². The molecule has 0 bridgehead atoms. The standard InChI is InChI=1S/C34H33F7O2/c1-2-3-4-5-16-42-26-19-29(35)28(30(36)20-26)14-8-22-7-13-27-25(17-22)12-11-24(33(27)38)10-6-23-9-15-32(31(37)18-23)43-21-34(39,40)41/h7,9,11-13,15,17-20H,2-6,8,10,14,16,21H2,1H3. The third-order valence-corrected chi connectivity index (χ3v) is 7.21. The van der Waals surface area contributed by atoms with E-state index in [1.165, 1.54) is 18.2 Å². The van der Waals surface area contributed by atoms with Crippen LogP contribution in [0.1, 0.15) is 54.9 Å². The maximum absolute atomic E-state index is 15.3. The fraction of sp³-hybridized carbons (Fsp3) is 0.353. The summed E-state index contributed by atoms with van der Waals surface area (Å²) in [6.07, 6.45) is 0.386. The molecule has 0 fully saturated rings. The van der Waals surface area contributed by atoms with Crippen LogP contribution in [0.25, 0.3) is 10.8 Å². The largest absolute Gasteiger partial charge is 0.493 e. The lowest BCUT2D eigenvalue weighted by Gasteiger charge is -2.12. The van der Waals surface area contributed by atoms with Gasteiger partial charge in [-0.2, -0.15) is 13.2 Å². The SMILES string of the molecule is CCCCCCOc1cc(F)c(CCc2ccc3c(F)c(CCc4ccc(OCC(F)(F)F)c(F)c4)ccc3c2)c(F)c1. The minimum Gasteiger partial charge on any atom is -0.493 e. The van der Waals surface area contributed by atoms with Crippen LogP contribution in [0, 0.1) is 23.3 Å². The van der Waals surface area contributed by atoms with E-state index in [-0.39, 0.29) is 30.6 Å². The molecule has 43 heavy (non-hydrogen) atoms. The van der Waals surface area contributed by atoms with Crippen LogP contribution in [-0.4, -0.2) is 19.4 Å². The van der Waals surface area contributed by atoms with Gasteiger partial charge in [0, 0.05) is 23.1 Å². The van der Waals surface area contributed by atoms with Gasteiger partial charge in [-0.25, -0.2) is 17.6 Å². The van der Waals surface area contributed by atoms with Crippen molar-refractivity contribution in [1.82, 2.24) is 0 Å². The first kappa shape index (κ1) is 32.2. The van der Waals surface area contributed by atoms with Crippen molar-refractivity contribution < 1.29 is 40.2 Å². The predicted molar refractivity (Wildman–Crippen MR) is 153 cm³/mol. The van der Waals surface area contributed by atoms with E-state index in [2.05, 4.69) is 11.7 Å². The van der Waals surface area contributed by atoms with Gasteiger partial charge in [-0.05, 0) is 66.3 Å². The summed E-state index contributed by atoms with van der Waals surface area (Å²) in [7, 11) is 0. The summed E-state index contributed by atoms with van der Waals surface area (Å²) >= 11 is 0. The Balaban J connectivity index is 1.36. The number of rotatable bonds is 14. The number of alkyl halides is 3. The second-order valence-corrected chi connectivity index (χ2v) is 10.5. The maximum atomic E-state index is 15.3. The average Bonchev–Trinajstić information content (AvgIpc) is 2.95. The van der Waals surface area contributed by atoms with E-state index in [0.717, 1.165) is 43.4 Å². The van der Waals surface area contributed by atoms with Crippen LogP contribution in [0.2, 0.25) is 0 Å². The molecule has 230 valence electrons. The van der Waals surface area contributed by atoms with Gasteiger partial charge in [-0.15, -0.1) is 0 Å². The van der Waals surface area contributed by atoms with E-state index in [1.54, 1.807) is 30.3 Å². The molecule has 0 aliphatic heterocycles. The van der Waals surface area contributed by atoms with E-state index in [4.69, 9.17) is 4.74 Å². The zero-order valence-electron chi connectivity index (χ0n) is 23.8. The van der Waals surface area contributed by atoms with E-state index >= 15 is 4.39 Å². The molecule has 9 heteroatoms. The van der Waals surface area contributed by atoms with Gasteiger partial charge < -0.3 is 9.47 Å². The molecular weight excluding hydrogens is 573 g/mol. The molecule has 4 aromatic rings. The molecule has 0 aliphatic rings. The number of unbranched alkanes of at least 4 members (excludes halogenated alkanes) is 3. The Hall–Kier alpha value is -3.75. The van der Waals surface area contributed by atoms with E-state index in [1.807, 2.05) is 0 Å². The van der Waals surface area contributed by atoms with Gasteiger partial charge in [-0.1, -0.05) is 62.6 Å². The Bertz CT molecular complexity index is 1510. The van der Waals surface area contributed by atoms with Crippen LogP contribution in [0.15, 0.2) is 60.7 Å². The van der Waals surface area contributed by atoms with Crippen molar-refractivity contribution >= 4 is 10.8 Å². The lowest BCUT2D eigenvalue weighted by molar-refractivity contribution is -0.153. The summed E-state index contributed by atoms with van der Waals surface area (Å²) in [4.78, 5) is 0. The number of halogens is 7. The smallest absolute Gasteiger partial charge is 0.422 e. The van der Waals surface area contributed by atoms with Crippen molar-refractivity contribution in [1.29, 1.82) is 0 Å². The van der Waals surface area contributed by atoms with Gasteiger partial charge in [0.2, 0.25) is 0 Å². The van der Waals surface area contributed by atoms with Gasteiger partial charge in [0.1, 0.15) is 23.2 Å². The minimum atomic E-state index is -4.58. The van der Waals surface area contributed by atoms with Crippen LogP contribution in [0.3, 0.4) is 0 Å². The molecule has 0 aromatic heterocycles. The zero-order valence-corrected chi connectivity index (χ0v) is 23.8. The molecule has 0 unspecified atom stereocenters. The van der Waals surface area contributed by atoms with E-state index < -0.39 is 41.8 Å². The minimum absolute atomic E-state index is 0.0312. The summed E-state index contributed by atoms with van der Waals surface area (Å²) in [6.45, 7) is 0.910. The molecule has 0 atom stereocenters. The van der Waals surface area contributed by atoms with Crippen molar-refractivity contribution in [3.8, 4) is 11.5 Å². The highest BCUT2D eigenvalue weighted by Crippen LogP contribution is 2.27. The summed E-state index contributed by atoms with van der Waals surface area (Å²) in [5, 5.41) is 1.00. The number of fused-ring (bicyclic) bond motifs is 1. The molecule has 0 heterocycles. The van der Waals surface area contributed by atoms with Crippen molar-refractivity contribution in [2.45, 2.75) is 64.5 Å². The van der Waals surface area contributed by atoms with Crippen molar-refractivity contribution in [3.63, 3.8) is 0 Å². The van der Waals surface area contributed by atoms with Gasteiger partial charge in [0.15, 0.2) is 18.2 Å². The number of benzene rings is 4. The summed E-state index contributed by atoms with van der Waals surface area (Å²) < 4.78 is 106. The highest BCUT2D eigenvalue weighted by Gasteiger charge is 2.29. The molecule has 0 amide bonds. The third kappa shape index (κ3) is 9.12. The maximum Gasteiger partial charge on any atom is 0.422 e. The van der Waals surface area contributed by atoms with Gasteiger partial charge >= 0.3 is 6.18 Å². The molecule has 4 rings (SSSR count). The third-order valence-electron chi connectivity index (χ3n) is 7.21. The number of ether oxygens (including phenoxy) is 2. The summed E-state index contributed by atoms with van der Waals surface area (Å²) in [5.74, 6) is -3.01. The molecule has 0 N–H and O–H groups in total. The van der Waals surface area contributed by atoms with Crippen LogP contribution in [0.5, 0.6) is 11.5 Å². The van der Waals surface area contributed by atoms with Crippen molar-refractivity contribution in [2.75, 3.05) is 13.2 Å². The first-order valence-corrected chi connectivity index (χ1v) is 14.3. The molecule has 4 aromatic carbocycles. The fourth-order valence-corrected chi connectivity index (χ4v) is 4.88. The monoisotopic (exact) mass is 606 g/mol. The first-order valence-electron chi connectivity index (χ1n) is 14.3. The molecule has 0 saturated heterocycles. The quantitative estimate of drug-likeness (QED) is 0.105. The van der Waals surface area contributed by atoms with Crippen LogP contribution >= 0.6 is 0 Å². The van der Waals surface area contributed by atoms with Gasteiger partial charge in [0.05, 0.1) is 6.61 Å². The molecule has 2 nitrogen and oxygen atoms in total. The van der Waals surface area contributed by atoms with E-state index in [9.17, 15) is 26.3 Å². The Morgan fingerprint density at radius 3 is 2.05 bits per heavy atom. The Morgan fingerprint density at radius 1 is 0.651 bits per heavy atom. The fourth-order valence-electron chi connectivity index (χ4n) is 4.88. The lowest BCUT2D eigenvalue weighted by atomic mass is 9.97. The predicted octanol–water partition coefficient (Wildman–Crippen LogP) is 9.87. The molecule has 0 radical (unpaired) electrons. The van der Waals surface area contributed by atoms with Crippen LogP contribution < -0.4 is 9.47 Å². The average molecular weight is 607 g/mol. The number of aryl methyl sites for hydroxylation is 3. The molecule has 0 spiro atoms. The summed E-state index contributed by atoms with van der Waals surface area (Å²) in [6, 6.07) is 14.6. The van der Waals surface area contributed by atoms with Gasteiger partial charge in [-0.3, -0.25) is 0 Å². The second kappa shape index (κ2) is 14.6. The van der Waals surface area contributed by atoms with Crippen LogP contribution in [-0.2, 0) is 25.7 Å². The highest BCUT2D eigenvalue weighted by atomic mass is 19.4. The topological polar surface area (TPSA) is 18.5 Å². The second-order valence-electron chi connectivity index (χ2n) is 10.5. The first-order chi connectivity index (χ1) is 20.5. The Morgan fingerprint density at radius 2 is 1.35 bits per heavy atom. The summed E-state index contributed by atoms with van der Waals surface area (Å²) in [5.41, 5.74) is 1.64. The number of hydrogen-bond donors (Lipinski definition) is 0. The highest BCUT2D eigenvalue weighted by molar-refractivity contribution is 5.84. The lowest BCUT2D eigenvalue weighted by Crippen LogP contribution is -2.19. The van der Waals surface area contributed by atoms with Crippen LogP contribution in [0.4, 0.5) is 30.7 Å². The molecule has 0 saturated carbocycles. The molecule has 0 aliphatic carbocycles. The van der Waals surface area contributed by atoms with Crippen molar-refractivity contribution in [3.05, 3.63) is 106 Å². The zero-order chi connectivity index (χ0) is 31.0. The Kier molecular flexibility index (Phi) is 10.9. The van der Waals surface area contributed by atoms with E-state index in [0.29, 0.717) is 34.9 Å².